The SMILES string of the molecule is C=NN(C1=C(CC)CCc2ccc(NC(=O)c3cccnc3C)cc21)c1ccc(S(C)=O)cc1.CC=O.CN. The van der Waals surface area contributed by atoms with Crippen LogP contribution in [0.5, 0.6) is 0 Å². The van der Waals surface area contributed by atoms with E-state index in [2.05, 4.69) is 40.8 Å². The van der Waals surface area contributed by atoms with Crippen molar-refractivity contribution in [2.24, 2.45) is 10.8 Å². The molecular formula is C30H37N5O3S. The van der Waals surface area contributed by atoms with Gasteiger partial charge in [0.25, 0.3) is 5.91 Å². The number of rotatable bonds is 7. The predicted molar refractivity (Wildman–Crippen MR) is 162 cm³/mol. The third kappa shape index (κ3) is 7.78. The second kappa shape index (κ2) is 15.5. The maximum Gasteiger partial charge on any atom is 0.257 e. The minimum absolute atomic E-state index is 0.190. The summed E-state index contributed by atoms with van der Waals surface area (Å²) < 4.78 is 11.8. The van der Waals surface area contributed by atoms with Crippen LogP contribution in [0.4, 0.5) is 11.4 Å². The highest BCUT2D eigenvalue weighted by Gasteiger charge is 2.25. The molecule has 39 heavy (non-hydrogen) atoms. The van der Waals surface area contributed by atoms with Gasteiger partial charge in [-0.1, -0.05) is 13.0 Å². The van der Waals surface area contributed by atoms with Gasteiger partial charge in [-0.25, -0.2) is 5.01 Å². The normalized spacial score (nSPS) is 12.5. The Kier molecular flexibility index (Phi) is 12.4. The monoisotopic (exact) mass is 547 g/mol. The molecule has 0 bridgehead atoms. The summed E-state index contributed by atoms with van der Waals surface area (Å²) in [5.41, 5.74) is 11.8. The highest BCUT2D eigenvalue weighted by molar-refractivity contribution is 7.84. The fourth-order valence-corrected chi connectivity index (χ4v) is 4.80. The Balaban J connectivity index is 0.000000998. The van der Waals surface area contributed by atoms with E-state index in [1.54, 1.807) is 24.6 Å². The van der Waals surface area contributed by atoms with E-state index in [0.29, 0.717) is 16.9 Å². The molecule has 0 spiro atoms. The van der Waals surface area contributed by atoms with Crippen LogP contribution in [0, 0.1) is 6.92 Å². The molecule has 1 aliphatic rings. The van der Waals surface area contributed by atoms with Crippen molar-refractivity contribution in [1.29, 1.82) is 0 Å². The minimum atomic E-state index is -1.05. The molecule has 1 aliphatic carbocycles. The maximum absolute atomic E-state index is 12.9. The van der Waals surface area contributed by atoms with Gasteiger partial charge in [0.2, 0.25) is 0 Å². The average Bonchev–Trinajstić information content (AvgIpc) is 2.95. The van der Waals surface area contributed by atoms with Gasteiger partial charge in [-0.05, 0) is 99.8 Å². The van der Waals surface area contributed by atoms with Crippen molar-refractivity contribution < 1.29 is 13.8 Å². The van der Waals surface area contributed by atoms with Gasteiger partial charge in [0.15, 0.2) is 0 Å². The van der Waals surface area contributed by atoms with Gasteiger partial charge >= 0.3 is 0 Å². The van der Waals surface area contributed by atoms with E-state index in [0.717, 1.165) is 47.4 Å². The van der Waals surface area contributed by atoms with Crippen LogP contribution in [-0.2, 0) is 22.0 Å². The fraction of sp³-hybridized carbons (Fsp3) is 0.267. The van der Waals surface area contributed by atoms with Crippen molar-refractivity contribution in [3.8, 4) is 0 Å². The Morgan fingerprint density at radius 2 is 1.85 bits per heavy atom. The quantitative estimate of drug-likeness (QED) is 0.234. The molecule has 0 aliphatic heterocycles. The third-order valence-electron chi connectivity index (χ3n) is 6.10. The van der Waals surface area contributed by atoms with Crippen molar-refractivity contribution in [2.45, 2.75) is 44.9 Å². The topological polar surface area (TPSA) is 118 Å². The Morgan fingerprint density at radius 1 is 1.18 bits per heavy atom. The fourth-order valence-electron chi connectivity index (χ4n) is 4.28. The molecule has 0 saturated heterocycles. The Morgan fingerprint density at radius 3 is 2.41 bits per heavy atom. The summed E-state index contributed by atoms with van der Waals surface area (Å²) in [7, 11) is 0.450. The Bertz CT molecular complexity index is 1350. The third-order valence-corrected chi connectivity index (χ3v) is 7.03. The summed E-state index contributed by atoms with van der Waals surface area (Å²) in [6, 6.07) is 17.1. The molecule has 1 aromatic heterocycles. The maximum atomic E-state index is 12.9. The molecule has 4 rings (SSSR count). The molecule has 0 saturated carbocycles. The van der Waals surface area contributed by atoms with E-state index in [9.17, 15) is 9.00 Å². The zero-order valence-electron chi connectivity index (χ0n) is 23.2. The van der Waals surface area contributed by atoms with Crippen LogP contribution in [0.2, 0.25) is 0 Å². The first-order valence-electron chi connectivity index (χ1n) is 12.6. The number of hydrazone groups is 1. The predicted octanol–water partition coefficient (Wildman–Crippen LogP) is 5.35. The lowest BCUT2D eigenvalue weighted by atomic mass is 9.87. The van der Waals surface area contributed by atoms with Crippen LogP contribution in [0.25, 0.3) is 5.70 Å². The molecule has 1 amide bonds. The second-order valence-electron chi connectivity index (χ2n) is 8.41. The van der Waals surface area contributed by atoms with Crippen molar-refractivity contribution >= 4 is 46.8 Å². The van der Waals surface area contributed by atoms with Crippen LogP contribution < -0.4 is 16.1 Å². The lowest BCUT2D eigenvalue weighted by Crippen LogP contribution is -2.21. The number of aromatic nitrogens is 1. The lowest BCUT2D eigenvalue weighted by Gasteiger charge is -2.30. The van der Waals surface area contributed by atoms with Gasteiger partial charge in [-0.3, -0.25) is 14.0 Å². The second-order valence-corrected chi connectivity index (χ2v) is 9.78. The number of hydrogen-bond donors (Lipinski definition) is 2. The van der Waals surface area contributed by atoms with Gasteiger partial charge in [-0.15, -0.1) is 0 Å². The lowest BCUT2D eigenvalue weighted by molar-refractivity contribution is -0.106. The summed E-state index contributed by atoms with van der Waals surface area (Å²) >= 11 is 0. The largest absolute Gasteiger partial charge is 0.333 e. The van der Waals surface area contributed by atoms with E-state index in [-0.39, 0.29) is 5.91 Å². The molecule has 0 fully saturated rings. The molecule has 1 unspecified atom stereocenters. The van der Waals surface area contributed by atoms with Crippen molar-refractivity contribution in [2.75, 3.05) is 23.6 Å². The zero-order valence-corrected chi connectivity index (χ0v) is 24.0. The number of nitrogens with one attached hydrogen (secondary N) is 1. The molecule has 1 heterocycles. The van der Waals surface area contributed by atoms with Gasteiger partial charge in [0.05, 0.1) is 16.9 Å². The number of nitrogens with two attached hydrogens (primary N) is 1. The number of anilines is 2. The van der Waals surface area contributed by atoms with Crippen LogP contribution >= 0.6 is 0 Å². The first-order chi connectivity index (χ1) is 18.8. The molecule has 3 N–H and O–H groups in total. The van der Waals surface area contributed by atoms with Gasteiger partial charge in [0, 0.05) is 51.8 Å². The van der Waals surface area contributed by atoms with E-state index >= 15 is 0 Å². The first-order valence-corrected chi connectivity index (χ1v) is 14.2. The van der Waals surface area contributed by atoms with Crippen molar-refractivity contribution in [1.82, 2.24) is 4.98 Å². The summed E-state index contributed by atoms with van der Waals surface area (Å²) in [4.78, 5) is 26.7. The molecule has 206 valence electrons. The number of nitrogens with zero attached hydrogens (tertiary/aromatic N) is 3. The van der Waals surface area contributed by atoms with Crippen molar-refractivity contribution in [3.05, 3.63) is 88.8 Å². The van der Waals surface area contributed by atoms with Crippen LogP contribution in [0.3, 0.4) is 0 Å². The van der Waals surface area contributed by atoms with E-state index in [1.165, 1.54) is 25.1 Å². The average molecular weight is 548 g/mol. The van der Waals surface area contributed by atoms with Crippen molar-refractivity contribution in [3.63, 3.8) is 0 Å². The molecular weight excluding hydrogens is 510 g/mol. The smallest absolute Gasteiger partial charge is 0.257 e. The number of carbonyl (C=O) groups excluding carboxylic acids is 2. The number of aryl methyl sites for hydroxylation is 2. The highest BCUT2D eigenvalue weighted by Crippen LogP contribution is 2.39. The molecule has 0 radical (unpaired) electrons. The number of allylic oxidation sites excluding steroid dienone is 1. The number of benzene rings is 2. The molecule has 2 aromatic carbocycles. The Hall–Kier alpha value is -3.95. The van der Waals surface area contributed by atoms with Crippen LogP contribution in [0.1, 0.15) is 53.9 Å². The zero-order chi connectivity index (χ0) is 28.9. The van der Waals surface area contributed by atoms with Crippen LogP contribution in [0.15, 0.2) is 76.4 Å². The minimum Gasteiger partial charge on any atom is -0.333 e. The summed E-state index contributed by atoms with van der Waals surface area (Å²) in [5.74, 6) is -0.190. The number of amides is 1. The molecule has 8 nitrogen and oxygen atoms in total. The van der Waals surface area contributed by atoms with E-state index in [1.807, 2.05) is 48.3 Å². The number of fused-ring (bicyclic) bond motifs is 1. The highest BCUT2D eigenvalue weighted by atomic mass is 32.2. The summed E-state index contributed by atoms with van der Waals surface area (Å²) in [5, 5.41) is 9.22. The summed E-state index contributed by atoms with van der Waals surface area (Å²) in [6.45, 7) is 9.24. The van der Waals surface area contributed by atoms with Gasteiger partial charge in [0.1, 0.15) is 6.29 Å². The van der Waals surface area contributed by atoms with Gasteiger partial charge in [-0.2, -0.15) is 5.10 Å². The van der Waals surface area contributed by atoms with Gasteiger partial charge < -0.3 is 15.8 Å². The van der Waals surface area contributed by atoms with E-state index in [4.69, 9.17) is 4.79 Å². The summed E-state index contributed by atoms with van der Waals surface area (Å²) in [6.07, 6.45) is 6.83. The number of aldehydes is 1. The first kappa shape index (κ1) is 31.3. The Labute approximate surface area is 233 Å². The molecule has 3 aromatic rings. The molecule has 9 heteroatoms. The molecule has 1 atom stereocenters. The van der Waals surface area contributed by atoms with Crippen LogP contribution in [-0.4, -0.2) is 41.4 Å². The number of pyridine rings is 1. The number of carbonyl (C=O) groups is 2. The number of hydrogen-bond acceptors (Lipinski definition) is 7. The standard InChI is InChI=1S/C27H28N4O2S.C2H4O.CH5N/c1-5-19-8-9-20-10-11-21(30-27(32)24-7-6-16-29-18(24)2)17-25(20)26(19)31(28-3)22-12-14-23(15-13-22)34(4)33;1-2-3;1-2/h6-7,10-17H,3,5,8-9H2,1-2,4H3,(H,30,32);2H,1H3;2H2,1H3. The van der Waals surface area contributed by atoms with E-state index < -0.39 is 10.8 Å².